The van der Waals surface area contributed by atoms with Gasteiger partial charge >= 0.3 is 5.97 Å². The third kappa shape index (κ3) is 3.51. The molecule has 2 atom stereocenters. The van der Waals surface area contributed by atoms with E-state index in [4.69, 9.17) is 0 Å². The number of hydrogen-bond acceptors (Lipinski definition) is 3. The average Bonchev–Trinajstić information content (AvgIpc) is 2.46. The third-order valence-corrected chi connectivity index (χ3v) is 5.30. The van der Waals surface area contributed by atoms with Crippen LogP contribution in [0.2, 0.25) is 0 Å². The molecule has 1 aliphatic rings. The van der Waals surface area contributed by atoms with Crippen molar-refractivity contribution in [3.63, 3.8) is 0 Å². The van der Waals surface area contributed by atoms with Crippen LogP contribution in [0.5, 0.6) is 0 Å². The average molecular weight is 279 g/mol. The van der Waals surface area contributed by atoms with Gasteiger partial charge in [-0.2, -0.15) is 11.8 Å². The van der Waals surface area contributed by atoms with Gasteiger partial charge in [0.05, 0.1) is 0 Å². The SMILES string of the molecule is CNC1(C(=O)O)CCCC(SCc2ccccc2)C1. The van der Waals surface area contributed by atoms with Gasteiger partial charge in [0.25, 0.3) is 0 Å². The fourth-order valence-corrected chi connectivity index (χ4v) is 4.04. The van der Waals surface area contributed by atoms with Gasteiger partial charge in [0, 0.05) is 11.0 Å². The molecule has 2 rings (SSSR count). The summed E-state index contributed by atoms with van der Waals surface area (Å²) in [4.78, 5) is 11.5. The van der Waals surface area contributed by atoms with Crippen molar-refractivity contribution in [2.45, 2.75) is 42.2 Å². The number of carbonyl (C=O) groups is 1. The number of benzene rings is 1. The highest BCUT2D eigenvalue weighted by atomic mass is 32.2. The molecule has 4 heteroatoms. The lowest BCUT2D eigenvalue weighted by atomic mass is 9.81. The van der Waals surface area contributed by atoms with Crippen LogP contribution >= 0.6 is 11.8 Å². The number of carboxylic acid groups (broad SMARTS) is 1. The van der Waals surface area contributed by atoms with Crippen molar-refractivity contribution in [3.05, 3.63) is 35.9 Å². The first-order valence-corrected chi connectivity index (χ1v) is 7.79. The molecule has 0 heterocycles. The highest BCUT2D eigenvalue weighted by Crippen LogP contribution is 2.36. The van der Waals surface area contributed by atoms with Crippen molar-refractivity contribution in [1.82, 2.24) is 5.32 Å². The van der Waals surface area contributed by atoms with Crippen molar-refractivity contribution in [2.75, 3.05) is 7.05 Å². The summed E-state index contributed by atoms with van der Waals surface area (Å²) in [5, 5.41) is 12.9. The molecule has 1 aliphatic carbocycles. The van der Waals surface area contributed by atoms with E-state index < -0.39 is 11.5 Å². The second kappa shape index (κ2) is 6.44. The van der Waals surface area contributed by atoms with Crippen molar-refractivity contribution >= 4 is 17.7 Å². The van der Waals surface area contributed by atoms with Crippen LogP contribution in [-0.4, -0.2) is 28.9 Å². The first kappa shape index (κ1) is 14.4. The molecular weight excluding hydrogens is 258 g/mol. The Morgan fingerprint density at radius 3 is 2.84 bits per heavy atom. The Bertz CT molecular complexity index is 423. The molecule has 0 saturated heterocycles. The summed E-state index contributed by atoms with van der Waals surface area (Å²) in [7, 11) is 1.76. The van der Waals surface area contributed by atoms with Crippen molar-refractivity contribution in [2.24, 2.45) is 0 Å². The lowest BCUT2D eigenvalue weighted by molar-refractivity contribution is -0.146. The molecule has 19 heavy (non-hydrogen) atoms. The molecule has 0 radical (unpaired) electrons. The van der Waals surface area contributed by atoms with Gasteiger partial charge in [-0.25, -0.2) is 0 Å². The monoisotopic (exact) mass is 279 g/mol. The second-order valence-electron chi connectivity index (χ2n) is 5.15. The summed E-state index contributed by atoms with van der Waals surface area (Å²) < 4.78 is 0. The topological polar surface area (TPSA) is 49.3 Å². The van der Waals surface area contributed by atoms with Gasteiger partial charge in [-0.05, 0) is 38.3 Å². The van der Waals surface area contributed by atoms with Crippen LogP contribution < -0.4 is 5.32 Å². The molecule has 0 aromatic heterocycles. The minimum atomic E-state index is -0.716. The molecule has 104 valence electrons. The summed E-state index contributed by atoms with van der Waals surface area (Å²) in [5.41, 5.74) is 0.593. The lowest BCUT2D eigenvalue weighted by Crippen LogP contribution is -2.53. The van der Waals surface area contributed by atoms with Gasteiger partial charge in [-0.1, -0.05) is 30.3 Å². The van der Waals surface area contributed by atoms with E-state index in [1.807, 2.05) is 30.0 Å². The fraction of sp³-hybridized carbons (Fsp3) is 0.533. The van der Waals surface area contributed by atoms with Crippen molar-refractivity contribution < 1.29 is 9.90 Å². The van der Waals surface area contributed by atoms with Crippen molar-refractivity contribution in [3.8, 4) is 0 Å². The second-order valence-corrected chi connectivity index (χ2v) is 6.44. The van der Waals surface area contributed by atoms with Crippen LogP contribution in [0.4, 0.5) is 0 Å². The molecule has 1 aromatic carbocycles. The molecule has 0 aliphatic heterocycles. The predicted molar refractivity (Wildman–Crippen MR) is 79.4 cm³/mol. The zero-order chi connectivity index (χ0) is 13.7. The van der Waals surface area contributed by atoms with Crippen LogP contribution in [0, 0.1) is 0 Å². The highest BCUT2D eigenvalue weighted by Gasteiger charge is 2.41. The molecule has 1 aromatic rings. The molecule has 0 bridgehead atoms. The molecule has 0 amide bonds. The Labute approximate surface area is 118 Å². The maximum Gasteiger partial charge on any atom is 0.323 e. The van der Waals surface area contributed by atoms with E-state index in [2.05, 4.69) is 17.4 Å². The number of carboxylic acids is 1. The quantitative estimate of drug-likeness (QED) is 0.870. The molecular formula is C15H21NO2S. The van der Waals surface area contributed by atoms with E-state index in [1.54, 1.807) is 7.05 Å². The molecule has 2 unspecified atom stereocenters. The molecule has 0 spiro atoms. The Morgan fingerprint density at radius 2 is 2.21 bits per heavy atom. The summed E-state index contributed by atoms with van der Waals surface area (Å²) in [6, 6.07) is 10.4. The number of rotatable bonds is 5. The van der Waals surface area contributed by atoms with E-state index in [0.717, 1.165) is 31.4 Å². The van der Waals surface area contributed by atoms with Crippen LogP contribution in [0.15, 0.2) is 30.3 Å². The van der Waals surface area contributed by atoms with Crippen molar-refractivity contribution in [1.29, 1.82) is 0 Å². The summed E-state index contributed by atoms with van der Waals surface area (Å²) in [5.74, 6) is 0.255. The van der Waals surface area contributed by atoms with E-state index >= 15 is 0 Å². The summed E-state index contributed by atoms with van der Waals surface area (Å²) in [6.45, 7) is 0. The normalized spacial score (nSPS) is 27.1. The Morgan fingerprint density at radius 1 is 1.47 bits per heavy atom. The van der Waals surface area contributed by atoms with Crippen LogP contribution in [0.25, 0.3) is 0 Å². The highest BCUT2D eigenvalue weighted by molar-refractivity contribution is 7.99. The number of likely N-dealkylation sites (N-methyl/N-ethyl adjacent to an activating group) is 1. The first-order valence-electron chi connectivity index (χ1n) is 6.74. The fourth-order valence-electron chi connectivity index (χ4n) is 2.68. The number of thioether (sulfide) groups is 1. The smallest absolute Gasteiger partial charge is 0.323 e. The van der Waals surface area contributed by atoms with E-state index in [0.29, 0.717) is 5.25 Å². The Balaban J connectivity index is 1.93. The molecule has 2 N–H and O–H groups in total. The lowest BCUT2D eigenvalue weighted by Gasteiger charge is -2.37. The van der Waals surface area contributed by atoms with Gasteiger partial charge in [0.2, 0.25) is 0 Å². The summed E-state index contributed by atoms with van der Waals surface area (Å²) in [6.07, 6.45) is 3.56. The van der Waals surface area contributed by atoms with Crippen LogP contribution in [0.3, 0.4) is 0 Å². The van der Waals surface area contributed by atoms with Crippen LogP contribution in [0.1, 0.15) is 31.2 Å². The molecule has 3 nitrogen and oxygen atoms in total. The van der Waals surface area contributed by atoms with Gasteiger partial charge in [0.1, 0.15) is 5.54 Å². The van der Waals surface area contributed by atoms with Gasteiger partial charge in [-0.15, -0.1) is 0 Å². The minimum Gasteiger partial charge on any atom is -0.480 e. The Kier molecular flexibility index (Phi) is 4.88. The molecule has 1 saturated carbocycles. The predicted octanol–water partition coefficient (Wildman–Crippen LogP) is 2.91. The van der Waals surface area contributed by atoms with Gasteiger partial charge in [0.15, 0.2) is 0 Å². The maximum absolute atomic E-state index is 11.5. The third-order valence-electron chi connectivity index (χ3n) is 3.92. The van der Waals surface area contributed by atoms with E-state index in [1.165, 1.54) is 5.56 Å². The molecule has 1 fully saturated rings. The Hall–Kier alpha value is -1.00. The number of aliphatic carboxylic acids is 1. The zero-order valence-corrected chi connectivity index (χ0v) is 12.1. The van der Waals surface area contributed by atoms with Gasteiger partial charge < -0.3 is 10.4 Å². The number of nitrogens with one attached hydrogen (secondary N) is 1. The number of hydrogen-bond donors (Lipinski definition) is 2. The van der Waals surface area contributed by atoms with E-state index in [-0.39, 0.29) is 0 Å². The van der Waals surface area contributed by atoms with Gasteiger partial charge in [-0.3, -0.25) is 4.79 Å². The standard InChI is InChI=1S/C15H21NO2S/c1-16-15(14(17)18)9-5-8-13(10-15)19-11-12-6-3-2-4-7-12/h2-4,6-7,13,16H,5,8-11H2,1H3,(H,17,18). The zero-order valence-electron chi connectivity index (χ0n) is 11.3. The van der Waals surface area contributed by atoms with Crippen LogP contribution in [-0.2, 0) is 10.5 Å². The summed E-state index contributed by atoms with van der Waals surface area (Å²) >= 11 is 1.88. The maximum atomic E-state index is 11.5. The van der Waals surface area contributed by atoms with E-state index in [9.17, 15) is 9.90 Å². The minimum absolute atomic E-state index is 0.428. The largest absolute Gasteiger partial charge is 0.480 e. The first-order chi connectivity index (χ1) is 9.16.